The summed E-state index contributed by atoms with van der Waals surface area (Å²) >= 11 is 0. The Hall–Kier alpha value is -1.66. The molecule has 0 aromatic heterocycles. The monoisotopic (exact) mass is 445 g/mol. The average Bonchev–Trinajstić information content (AvgIpc) is 3.09. The summed E-state index contributed by atoms with van der Waals surface area (Å²) in [5, 5.41) is 0.167. The second-order valence-electron chi connectivity index (χ2n) is 11.5. The van der Waals surface area contributed by atoms with Crippen LogP contribution in [0.3, 0.4) is 0 Å². The third kappa shape index (κ3) is 5.06. The number of benzene rings is 1. The first-order valence-electron chi connectivity index (χ1n) is 11.5. The summed E-state index contributed by atoms with van der Waals surface area (Å²) in [5.74, 6) is -0.0228. The third-order valence-electron chi connectivity index (χ3n) is 7.02. The summed E-state index contributed by atoms with van der Waals surface area (Å²) in [6.07, 6.45) is 3.04. The summed E-state index contributed by atoms with van der Waals surface area (Å²) in [7, 11) is -1.81. The molecule has 1 heterocycles. The molecule has 2 amide bonds. The van der Waals surface area contributed by atoms with Crippen molar-refractivity contribution in [2.75, 3.05) is 11.5 Å². The predicted molar refractivity (Wildman–Crippen MR) is 127 cm³/mol. The van der Waals surface area contributed by atoms with Crippen LogP contribution in [0.15, 0.2) is 18.2 Å². The van der Waals surface area contributed by atoms with Crippen molar-refractivity contribution in [2.24, 2.45) is 5.92 Å². The Morgan fingerprint density at radius 2 is 1.74 bits per heavy atom. The summed E-state index contributed by atoms with van der Waals surface area (Å²) in [4.78, 5) is 27.6. The van der Waals surface area contributed by atoms with Gasteiger partial charge < -0.3 is 9.16 Å². The van der Waals surface area contributed by atoms with Gasteiger partial charge >= 0.3 is 6.09 Å². The maximum atomic E-state index is 13.3. The van der Waals surface area contributed by atoms with Gasteiger partial charge in [-0.1, -0.05) is 39.3 Å². The fraction of sp³-hybridized carbons (Fsp3) is 0.680. The van der Waals surface area contributed by atoms with Gasteiger partial charge in [0.25, 0.3) is 0 Å². The number of amides is 2. The van der Waals surface area contributed by atoms with Crippen LogP contribution >= 0.6 is 0 Å². The van der Waals surface area contributed by atoms with E-state index in [-0.39, 0.29) is 22.8 Å². The summed E-state index contributed by atoms with van der Waals surface area (Å²) in [6.45, 7) is 17.3. The molecule has 1 aromatic rings. The van der Waals surface area contributed by atoms with E-state index in [9.17, 15) is 9.59 Å². The lowest BCUT2D eigenvalue weighted by Crippen LogP contribution is -2.47. The first-order valence-corrected chi connectivity index (χ1v) is 14.5. The third-order valence-corrected chi connectivity index (χ3v) is 11.6. The van der Waals surface area contributed by atoms with Crippen LogP contribution in [-0.2, 0) is 20.4 Å². The van der Waals surface area contributed by atoms with Gasteiger partial charge in [0.15, 0.2) is 8.32 Å². The molecule has 0 radical (unpaired) electrons. The van der Waals surface area contributed by atoms with E-state index in [1.54, 1.807) is 0 Å². The van der Waals surface area contributed by atoms with Crippen LogP contribution in [0.25, 0.3) is 0 Å². The van der Waals surface area contributed by atoms with Gasteiger partial charge in [0.1, 0.15) is 5.60 Å². The van der Waals surface area contributed by atoms with Crippen LogP contribution in [0.4, 0.5) is 10.5 Å². The van der Waals surface area contributed by atoms with Crippen LogP contribution in [0.2, 0.25) is 18.1 Å². The molecule has 0 bridgehead atoms. The van der Waals surface area contributed by atoms with E-state index in [1.165, 1.54) is 4.90 Å². The van der Waals surface area contributed by atoms with Gasteiger partial charge in [0.05, 0.1) is 5.69 Å². The molecular weight excluding hydrogens is 406 g/mol. The Labute approximate surface area is 188 Å². The topological polar surface area (TPSA) is 55.8 Å². The van der Waals surface area contributed by atoms with E-state index in [2.05, 4.69) is 46.0 Å². The zero-order chi connectivity index (χ0) is 23.2. The van der Waals surface area contributed by atoms with Gasteiger partial charge in [-0.25, -0.2) is 9.69 Å². The molecule has 2 atom stereocenters. The lowest BCUT2D eigenvalue weighted by atomic mass is 9.82. The molecule has 2 unspecified atom stereocenters. The number of nitrogens with zero attached hydrogens (tertiary/aromatic N) is 1. The van der Waals surface area contributed by atoms with Crippen molar-refractivity contribution in [1.82, 2.24) is 0 Å². The van der Waals surface area contributed by atoms with E-state index in [0.717, 1.165) is 36.8 Å². The number of imide groups is 1. The standard InChI is InChI=1S/C25H39NO4Si/c1-24(2,3)30-23(28)26-21-16-17(14-15-29-31(7,8)25(4,5)6)12-13-19(21)18-10-9-11-20(18)22(26)27/h12-13,16,18,20H,9-11,14-15H2,1-8H3. The molecule has 2 aliphatic rings. The van der Waals surface area contributed by atoms with E-state index < -0.39 is 20.0 Å². The molecule has 1 aromatic carbocycles. The Morgan fingerprint density at radius 1 is 1.10 bits per heavy atom. The first kappa shape index (κ1) is 24.0. The Morgan fingerprint density at radius 3 is 2.35 bits per heavy atom. The molecule has 0 saturated heterocycles. The lowest BCUT2D eigenvalue weighted by Gasteiger charge is -2.37. The minimum absolute atomic E-state index is 0.112. The number of ether oxygens (including phenoxy) is 1. The number of hydrogen-bond donors (Lipinski definition) is 0. The van der Waals surface area contributed by atoms with Gasteiger partial charge in [-0.05, 0) is 81.3 Å². The quantitative estimate of drug-likeness (QED) is 0.502. The molecule has 1 aliphatic heterocycles. The minimum Gasteiger partial charge on any atom is -0.443 e. The van der Waals surface area contributed by atoms with E-state index in [4.69, 9.17) is 9.16 Å². The second-order valence-corrected chi connectivity index (χ2v) is 16.4. The molecule has 3 rings (SSSR count). The van der Waals surface area contributed by atoms with Crippen molar-refractivity contribution in [3.05, 3.63) is 29.3 Å². The number of carbonyl (C=O) groups excluding carboxylic acids is 2. The maximum absolute atomic E-state index is 13.3. The Bertz CT molecular complexity index is 850. The molecule has 5 nitrogen and oxygen atoms in total. The Kier molecular flexibility index (Phi) is 6.47. The molecule has 0 spiro atoms. The highest BCUT2D eigenvalue weighted by atomic mass is 28.4. The van der Waals surface area contributed by atoms with Crippen molar-refractivity contribution in [1.29, 1.82) is 0 Å². The molecule has 1 aliphatic carbocycles. The fourth-order valence-electron chi connectivity index (χ4n) is 4.30. The van der Waals surface area contributed by atoms with E-state index in [0.29, 0.717) is 12.3 Å². The predicted octanol–water partition coefficient (Wildman–Crippen LogP) is 6.42. The summed E-state index contributed by atoms with van der Waals surface area (Å²) < 4.78 is 11.9. The molecule has 31 heavy (non-hydrogen) atoms. The SMILES string of the molecule is CC(C)(C)OC(=O)N1C(=O)C2CCCC2c2ccc(CCO[Si](C)(C)C(C)(C)C)cc21. The smallest absolute Gasteiger partial charge is 0.421 e. The number of carbonyl (C=O) groups is 2. The zero-order valence-corrected chi connectivity index (χ0v) is 21.5. The number of rotatable bonds is 4. The van der Waals surface area contributed by atoms with Crippen LogP contribution in [0.5, 0.6) is 0 Å². The van der Waals surface area contributed by atoms with Crippen LogP contribution < -0.4 is 4.90 Å². The van der Waals surface area contributed by atoms with Crippen LogP contribution in [0, 0.1) is 5.92 Å². The highest BCUT2D eigenvalue weighted by Crippen LogP contribution is 2.48. The van der Waals surface area contributed by atoms with Crippen molar-refractivity contribution in [3.8, 4) is 0 Å². The number of hydrogen-bond acceptors (Lipinski definition) is 4. The molecule has 1 saturated carbocycles. The number of fused-ring (bicyclic) bond motifs is 3. The molecule has 1 fully saturated rings. The van der Waals surface area contributed by atoms with E-state index >= 15 is 0 Å². The zero-order valence-electron chi connectivity index (χ0n) is 20.5. The molecular formula is C25H39NO4Si. The number of anilines is 1. The van der Waals surface area contributed by atoms with Crippen molar-refractivity contribution in [3.63, 3.8) is 0 Å². The average molecular weight is 446 g/mol. The molecule has 0 N–H and O–H groups in total. The van der Waals surface area contributed by atoms with Crippen LogP contribution in [0.1, 0.15) is 77.8 Å². The fourth-order valence-corrected chi connectivity index (χ4v) is 5.35. The second kappa shape index (κ2) is 8.36. The molecule has 172 valence electrons. The van der Waals surface area contributed by atoms with Gasteiger partial charge in [0.2, 0.25) is 5.91 Å². The van der Waals surface area contributed by atoms with Gasteiger partial charge in [0, 0.05) is 12.5 Å². The lowest BCUT2D eigenvalue weighted by molar-refractivity contribution is -0.122. The maximum Gasteiger partial charge on any atom is 0.421 e. The normalized spacial score (nSPS) is 21.7. The highest BCUT2D eigenvalue weighted by Gasteiger charge is 2.46. The highest BCUT2D eigenvalue weighted by molar-refractivity contribution is 6.74. The van der Waals surface area contributed by atoms with Crippen molar-refractivity contribution in [2.45, 2.75) is 96.9 Å². The first-order chi connectivity index (χ1) is 14.2. The van der Waals surface area contributed by atoms with Crippen LogP contribution in [-0.4, -0.2) is 32.5 Å². The van der Waals surface area contributed by atoms with Crippen molar-refractivity contribution < 1.29 is 18.8 Å². The van der Waals surface area contributed by atoms with E-state index in [1.807, 2.05) is 26.8 Å². The molecule has 6 heteroatoms. The summed E-state index contributed by atoms with van der Waals surface area (Å²) in [6, 6.07) is 6.25. The van der Waals surface area contributed by atoms with Gasteiger partial charge in [-0.2, -0.15) is 0 Å². The van der Waals surface area contributed by atoms with Gasteiger partial charge in [-0.15, -0.1) is 0 Å². The largest absolute Gasteiger partial charge is 0.443 e. The minimum atomic E-state index is -1.81. The van der Waals surface area contributed by atoms with Crippen molar-refractivity contribution >= 4 is 26.0 Å². The van der Waals surface area contributed by atoms with Gasteiger partial charge in [-0.3, -0.25) is 4.79 Å². The summed E-state index contributed by atoms with van der Waals surface area (Å²) in [5.41, 5.74) is 2.23. The Balaban J connectivity index is 1.86.